The van der Waals surface area contributed by atoms with Gasteiger partial charge in [-0.15, -0.1) is 0 Å². The monoisotopic (exact) mass is 283 g/mol. The number of carbonyl (C=O) groups excluding carboxylic acids is 1. The van der Waals surface area contributed by atoms with E-state index in [0.717, 1.165) is 32.1 Å². The summed E-state index contributed by atoms with van der Waals surface area (Å²) in [6, 6.07) is 0.184. The molecular weight excluding hydrogens is 254 g/mol. The fraction of sp³-hybridized carbons (Fsp3) is 0.875. The van der Waals surface area contributed by atoms with Gasteiger partial charge in [0.25, 0.3) is 0 Å². The Morgan fingerprint density at radius 2 is 1.70 bits per heavy atom. The molecule has 4 heteroatoms. The summed E-state index contributed by atoms with van der Waals surface area (Å²) in [5, 5.41) is 9.64. The fourth-order valence-electron chi connectivity index (χ4n) is 3.22. The quantitative estimate of drug-likeness (QED) is 0.760. The van der Waals surface area contributed by atoms with E-state index in [2.05, 4.69) is 6.92 Å². The number of rotatable bonds is 6. The van der Waals surface area contributed by atoms with Gasteiger partial charge in [-0.25, -0.2) is 0 Å². The van der Waals surface area contributed by atoms with Crippen molar-refractivity contribution in [3.63, 3.8) is 0 Å². The van der Waals surface area contributed by atoms with Crippen LogP contribution in [0.3, 0.4) is 0 Å². The van der Waals surface area contributed by atoms with Crippen LogP contribution in [0, 0.1) is 5.41 Å². The number of amides is 1. The first-order valence-corrected chi connectivity index (χ1v) is 7.99. The molecule has 0 aromatic heterocycles. The van der Waals surface area contributed by atoms with E-state index in [1.54, 1.807) is 0 Å². The number of hydrogen-bond donors (Lipinski definition) is 1. The summed E-state index contributed by atoms with van der Waals surface area (Å²) in [6.07, 6.45) is 6.39. The smallest absolute Gasteiger partial charge is 0.310 e. The fourth-order valence-corrected chi connectivity index (χ4v) is 3.22. The van der Waals surface area contributed by atoms with Crippen LogP contribution in [-0.2, 0) is 9.59 Å². The molecule has 1 rings (SSSR count). The molecule has 0 spiro atoms. The second kappa shape index (κ2) is 7.65. The van der Waals surface area contributed by atoms with Crippen molar-refractivity contribution in [3.05, 3.63) is 0 Å². The second-order valence-corrected chi connectivity index (χ2v) is 6.11. The minimum absolute atomic E-state index is 0.00569. The molecule has 0 heterocycles. The predicted molar refractivity (Wildman–Crippen MR) is 79.5 cm³/mol. The van der Waals surface area contributed by atoms with Gasteiger partial charge in [0.2, 0.25) is 5.91 Å². The zero-order valence-electron chi connectivity index (χ0n) is 13.2. The first kappa shape index (κ1) is 17.0. The van der Waals surface area contributed by atoms with Crippen LogP contribution >= 0.6 is 0 Å². The van der Waals surface area contributed by atoms with E-state index in [-0.39, 0.29) is 18.4 Å². The number of carbonyl (C=O) groups is 2. The van der Waals surface area contributed by atoms with Gasteiger partial charge in [0.15, 0.2) is 0 Å². The largest absolute Gasteiger partial charge is 0.481 e. The molecule has 1 aliphatic carbocycles. The van der Waals surface area contributed by atoms with Crippen molar-refractivity contribution in [1.29, 1.82) is 0 Å². The van der Waals surface area contributed by atoms with Crippen LogP contribution in [0.25, 0.3) is 0 Å². The lowest BCUT2D eigenvalue weighted by molar-refractivity contribution is -0.155. The van der Waals surface area contributed by atoms with Gasteiger partial charge in [-0.3, -0.25) is 9.59 Å². The zero-order chi connectivity index (χ0) is 15.2. The Labute approximate surface area is 122 Å². The molecule has 0 radical (unpaired) electrons. The average molecular weight is 283 g/mol. The van der Waals surface area contributed by atoms with Gasteiger partial charge in [0, 0.05) is 19.0 Å². The number of hydrogen-bond acceptors (Lipinski definition) is 2. The molecule has 1 amide bonds. The molecule has 116 valence electrons. The molecule has 0 aromatic rings. The minimum Gasteiger partial charge on any atom is -0.481 e. The van der Waals surface area contributed by atoms with Crippen molar-refractivity contribution in [2.75, 3.05) is 6.54 Å². The molecule has 0 saturated heterocycles. The summed E-state index contributed by atoms with van der Waals surface area (Å²) in [4.78, 5) is 26.1. The topological polar surface area (TPSA) is 57.6 Å². The van der Waals surface area contributed by atoms with E-state index >= 15 is 0 Å². The lowest BCUT2D eigenvalue weighted by Gasteiger charge is -2.33. The summed E-state index contributed by atoms with van der Waals surface area (Å²) in [7, 11) is 0. The normalized spacial score (nSPS) is 19.9. The lowest BCUT2D eigenvalue weighted by atomic mass is 9.77. The Bertz CT molecular complexity index is 333. The third-order valence-electron chi connectivity index (χ3n) is 4.79. The molecule has 4 nitrogen and oxygen atoms in total. The number of aliphatic carboxylic acids is 1. The van der Waals surface area contributed by atoms with E-state index in [1.165, 1.54) is 0 Å². The average Bonchev–Trinajstić information content (AvgIpc) is 2.65. The second-order valence-electron chi connectivity index (χ2n) is 6.11. The van der Waals surface area contributed by atoms with Gasteiger partial charge in [0.1, 0.15) is 0 Å². The van der Waals surface area contributed by atoms with Crippen molar-refractivity contribution >= 4 is 11.9 Å². The zero-order valence-corrected chi connectivity index (χ0v) is 13.2. The van der Waals surface area contributed by atoms with Crippen molar-refractivity contribution in [3.8, 4) is 0 Å². The SMILES string of the molecule is CCC(C)N(CC)C(=O)CC1(C(=O)O)CCCCCC1. The van der Waals surface area contributed by atoms with Crippen molar-refractivity contribution in [2.24, 2.45) is 5.41 Å². The highest BCUT2D eigenvalue weighted by Gasteiger charge is 2.41. The van der Waals surface area contributed by atoms with Crippen molar-refractivity contribution in [2.45, 2.75) is 78.2 Å². The molecule has 1 fully saturated rings. The third-order valence-corrected chi connectivity index (χ3v) is 4.79. The van der Waals surface area contributed by atoms with Crippen LogP contribution in [0.1, 0.15) is 72.1 Å². The number of nitrogens with zero attached hydrogens (tertiary/aromatic N) is 1. The lowest BCUT2D eigenvalue weighted by Crippen LogP contribution is -2.43. The maximum absolute atomic E-state index is 12.5. The Morgan fingerprint density at radius 1 is 1.15 bits per heavy atom. The Balaban J connectivity index is 2.83. The first-order valence-electron chi connectivity index (χ1n) is 7.99. The van der Waals surface area contributed by atoms with Gasteiger partial charge in [-0.1, -0.05) is 32.6 Å². The molecule has 20 heavy (non-hydrogen) atoms. The van der Waals surface area contributed by atoms with Gasteiger partial charge in [-0.2, -0.15) is 0 Å². The van der Waals surface area contributed by atoms with Gasteiger partial charge in [-0.05, 0) is 33.1 Å². The van der Waals surface area contributed by atoms with Crippen LogP contribution in [0.15, 0.2) is 0 Å². The van der Waals surface area contributed by atoms with Crippen molar-refractivity contribution in [1.82, 2.24) is 4.90 Å². The molecule has 1 unspecified atom stereocenters. The molecule has 0 bridgehead atoms. The molecule has 0 aliphatic heterocycles. The Morgan fingerprint density at radius 3 is 2.10 bits per heavy atom. The van der Waals surface area contributed by atoms with Crippen molar-refractivity contribution < 1.29 is 14.7 Å². The highest BCUT2D eigenvalue weighted by molar-refractivity contribution is 5.85. The molecule has 1 atom stereocenters. The van der Waals surface area contributed by atoms with E-state index in [9.17, 15) is 14.7 Å². The van der Waals surface area contributed by atoms with E-state index in [1.807, 2.05) is 18.7 Å². The maximum atomic E-state index is 12.5. The number of carboxylic acid groups (broad SMARTS) is 1. The van der Waals surface area contributed by atoms with Crippen LogP contribution in [0.5, 0.6) is 0 Å². The summed E-state index contributed by atoms with van der Waals surface area (Å²) >= 11 is 0. The highest BCUT2D eigenvalue weighted by atomic mass is 16.4. The Hall–Kier alpha value is -1.06. The summed E-state index contributed by atoms with van der Waals surface area (Å²) in [6.45, 7) is 6.70. The van der Waals surface area contributed by atoms with Crippen LogP contribution in [0.4, 0.5) is 0 Å². The first-order chi connectivity index (χ1) is 9.46. The predicted octanol–water partition coefficient (Wildman–Crippen LogP) is 3.45. The van der Waals surface area contributed by atoms with E-state index in [4.69, 9.17) is 0 Å². The van der Waals surface area contributed by atoms with Gasteiger partial charge in [0.05, 0.1) is 5.41 Å². The summed E-state index contributed by atoms with van der Waals surface area (Å²) in [5.74, 6) is -0.779. The molecular formula is C16H29NO3. The number of carboxylic acids is 1. The van der Waals surface area contributed by atoms with Gasteiger partial charge < -0.3 is 10.0 Å². The van der Waals surface area contributed by atoms with E-state index < -0.39 is 11.4 Å². The molecule has 0 aromatic carbocycles. The molecule has 1 saturated carbocycles. The maximum Gasteiger partial charge on any atom is 0.310 e. The summed E-state index contributed by atoms with van der Waals surface area (Å²) < 4.78 is 0. The van der Waals surface area contributed by atoms with Crippen LogP contribution in [0.2, 0.25) is 0 Å². The third kappa shape index (κ3) is 3.97. The highest BCUT2D eigenvalue weighted by Crippen LogP contribution is 2.39. The summed E-state index contributed by atoms with van der Waals surface area (Å²) in [5.41, 5.74) is -0.825. The van der Waals surface area contributed by atoms with Crippen LogP contribution < -0.4 is 0 Å². The Kier molecular flexibility index (Phi) is 6.50. The molecule has 1 aliphatic rings. The van der Waals surface area contributed by atoms with Gasteiger partial charge >= 0.3 is 5.97 Å². The minimum atomic E-state index is -0.825. The molecule has 1 N–H and O–H groups in total. The standard InChI is InChI=1S/C16H29NO3/c1-4-13(3)17(5-2)14(18)12-16(15(19)20)10-8-6-7-9-11-16/h13H,4-12H2,1-3H3,(H,19,20). The van der Waals surface area contributed by atoms with E-state index in [0.29, 0.717) is 19.4 Å². The van der Waals surface area contributed by atoms with Crippen LogP contribution in [-0.4, -0.2) is 34.5 Å².